The number of ketones is 2. The summed E-state index contributed by atoms with van der Waals surface area (Å²) in [4.78, 5) is 81.8. The van der Waals surface area contributed by atoms with Crippen molar-refractivity contribution in [2.75, 3.05) is 6.54 Å². The Balaban J connectivity index is 1.35. The second kappa shape index (κ2) is 20.7. The Bertz CT molecular complexity index is 2210. The molecule has 4 atom stereocenters. The molecular weight excluding hydrogens is 743 g/mol. The van der Waals surface area contributed by atoms with Crippen LogP contribution in [0.3, 0.4) is 0 Å². The molecule has 2 aliphatic rings. The van der Waals surface area contributed by atoms with Gasteiger partial charge < -0.3 is 21.1 Å². The van der Waals surface area contributed by atoms with Gasteiger partial charge in [-0.15, -0.1) is 0 Å². The molecule has 0 saturated heterocycles. The zero-order chi connectivity index (χ0) is 41.6. The summed E-state index contributed by atoms with van der Waals surface area (Å²) in [5, 5.41) is 17.8. The quantitative estimate of drug-likeness (QED) is 0.115. The number of carbonyl (C=O) groups is 6. The minimum Gasteiger partial charge on any atom is -0.481 e. The van der Waals surface area contributed by atoms with Crippen LogP contribution in [0.15, 0.2) is 140 Å². The van der Waals surface area contributed by atoms with E-state index in [-0.39, 0.29) is 50.9 Å². The highest BCUT2D eigenvalue weighted by molar-refractivity contribution is 6.00. The molecule has 5 aromatic rings. The van der Waals surface area contributed by atoms with E-state index in [9.17, 15) is 33.9 Å². The molecule has 59 heavy (non-hydrogen) atoms. The minimum absolute atomic E-state index is 0.0954. The molecule has 10 heteroatoms. The van der Waals surface area contributed by atoms with E-state index in [0.717, 1.165) is 27.8 Å². The number of nitrogens with one attached hydrogen (secondary N) is 3. The van der Waals surface area contributed by atoms with Crippen LogP contribution in [0.25, 0.3) is 11.1 Å². The van der Waals surface area contributed by atoms with Crippen molar-refractivity contribution in [3.8, 4) is 11.1 Å². The van der Waals surface area contributed by atoms with Crippen LogP contribution in [0.1, 0.15) is 58.3 Å². The number of hydrogen-bond acceptors (Lipinski definition) is 6. The van der Waals surface area contributed by atoms with E-state index in [2.05, 4.69) is 16.0 Å². The van der Waals surface area contributed by atoms with Crippen LogP contribution in [0, 0.1) is 11.8 Å². The Kier molecular flexibility index (Phi) is 14.7. The van der Waals surface area contributed by atoms with Crippen molar-refractivity contribution < 1.29 is 33.9 Å². The molecule has 2 heterocycles. The fraction of sp³-hybridized carbons (Fsp3) is 0.265. The van der Waals surface area contributed by atoms with E-state index in [1.54, 1.807) is 24.3 Å². The van der Waals surface area contributed by atoms with Crippen LogP contribution in [-0.4, -0.2) is 59.0 Å². The van der Waals surface area contributed by atoms with E-state index in [1.807, 2.05) is 115 Å². The Labute approximate surface area is 344 Å². The number of aliphatic carboxylic acids is 1. The number of carbonyl (C=O) groups excluding carboxylic acids is 5. The van der Waals surface area contributed by atoms with Crippen LogP contribution < -0.4 is 16.0 Å². The van der Waals surface area contributed by atoms with Gasteiger partial charge in [0.15, 0.2) is 11.6 Å². The van der Waals surface area contributed by atoms with Gasteiger partial charge in [0.05, 0.1) is 12.5 Å². The molecule has 0 radical (unpaired) electrons. The van der Waals surface area contributed by atoms with Crippen molar-refractivity contribution in [2.45, 2.75) is 63.5 Å². The average molecular weight is 792 g/mol. The molecule has 7 rings (SSSR count). The number of aryl methyl sites for hydroxylation is 1. The lowest BCUT2D eigenvalue weighted by Crippen LogP contribution is -2.54. The van der Waals surface area contributed by atoms with E-state index in [0.29, 0.717) is 24.0 Å². The topological polar surface area (TPSA) is 159 Å². The standard InChI is InChI=1S/C49H49N3O7/c53-44-31-40(25-16-33-10-4-1-5-11-33)48(58)52-43(30-36-17-21-38(22-18-36)37-14-8-3-9-15-37)49(59)51-42(29-34-12-6-2-7-13-34)45(54)32-41(47(57)50-27-26-46(55)56)28-35-19-23-39(44)24-20-35/h1-15,17-24,40-43H,16,25-32H2,(H,50,57)(H,51,59)(H,52,58)(H,55,56)/t40-,41+,42+,43-/m0/s1. The molecule has 0 aromatic heterocycles. The molecule has 0 spiro atoms. The second-order valence-corrected chi connectivity index (χ2v) is 15.1. The average Bonchev–Trinajstić information content (AvgIpc) is 3.25. The molecule has 3 amide bonds. The first kappa shape index (κ1) is 41.9. The van der Waals surface area contributed by atoms with Crippen LogP contribution in [0.5, 0.6) is 0 Å². The molecule has 5 aromatic carbocycles. The van der Waals surface area contributed by atoms with Gasteiger partial charge in [-0.25, -0.2) is 0 Å². The molecule has 4 N–H and O–H groups in total. The van der Waals surface area contributed by atoms with Gasteiger partial charge in [0.25, 0.3) is 0 Å². The third kappa shape index (κ3) is 12.4. The fourth-order valence-corrected chi connectivity index (χ4v) is 7.41. The molecule has 2 aliphatic heterocycles. The van der Waals surface area contributed by atoms with Crippen LogP contribution in [-0.2, 0) is 49.7 Å². The van der Waals surface area contributed by atoms with Crippen molar-refractivity contribution in [1.82, 2.24) is 16.0 Å². The zero-order valence-corrected chi connectivity index (χ0v) is 32.8. The third-order valence-electron chi connectivity index (χ3n) is 10.8. The SMILES string of the molecule is O=C(O)CCNC(=O)[C@H]1CC(=O)[C@@H](Cc2ccccc2)NC(=O)[C@H](Cc2ccc(-c3ccccc3)cc2)NC(=O)[C@@H](CCc2ccccc2)CC(=O)c2ccc(cc2)C1. The van der Waals surface area contributed by atoms with Crippen LogP contribution in [0.2, 0.25) is 0 Å². The number of rotatable bonds is 12. The molecular formula is C49H49N3O7. The molecule has 0 unspecified atom stereocenters. The molecule has 2 bridgehead atoms. The number of carboxylic acids is 1. The van der Waals surface area contributed by atoms with Gasteiger partial charge in [-0.05, 0) is 59.1 Å². The number of carboxylic acid groups (broad SMARTS) is 1. The highest BCUT2D eigenvalue weighted by atomic mass is 16.4. The predicted octanol–water partition coefficient (Wildman–Crippen LogP) is 6.35. The van der Waals surface area contributed by atoms with Crippen LogP contribution >= 0.6 is 0 Å². The van der Waals surface area contributed by atoms with Gasteiger partial charge in [-0.2, -0.15) is 0 Å². The van der Waals surface area contributed by atoms with Gasteiger partial charge in [-0.1, -0.05) is 140 Å². The van der Waals surface area contributed by atoms with Gasteiger partial charge in [0.2, 0.25) is 17.7 Å². The summed E-state index contributed by atoms with van der Waals surface area (Å²) in [6.07, 6.45) is 0.623. The summed E-state index contributed by atoms with van der Waals surface area (Å²) in [6, 6.07) is 41.1. The maximum Gasteiger partial charge on any atom is 0.305 e. The third-order valence-corrected chi connectivity index (χ3v) is 10.8. The van der Waals surface area contributed by atoms with Gasteiger partial charge in [0, 0.05) is 43.2 Å². The molecule has 10 nitrogen and oxygen atoms in total. The monoisotopic (exact) mass is 791 g/mol. The maximum absolute atomic E-state index is 14.5. The summed E-state index contributed by atoms with van der Waals surface area (Å²) >= 11 is 0. The van der Waals surface area contributed by atoms with Crippen molar-refractivity contribution in [2.24, 2.45) is 11.8 Å². The normalized spacial score (nSPS) is 19.0. The maximum atomic E-state index is 14.5. The summed E-state index contributed by atoms with van der Waals surface area (Å²) in [5.74, 6) is -4.89. The summed E-state index contributed by atoms with van der Waals surface area (Å²) < 4.78 is 0. The Morgan fingerprint density at radius 3 is 1.76 bits per heavy atom. The first-order valence-electron chi connectivity index (χ1n) is 20.1. The second-order valence-electron chi connectivity index (χ2n) is 15.1. The van der Waals surface area contributed by atoms with Crippen molar-refractivity contribution in [3.05, 3.63) is 167 Å². The van der Waals surface area contributed by atoms with E-state index in [1.165, 1.54) is 0 Å². The molecule has 302 valence electrons. The van der Waals surface area contributed by atoms with Crippen molar-refractivity contribution in [1.29, 1.82) is 0 Å². The minimum atomic E-state index is -1.12. The lowest BCUT2D eigenvalue weighted by molar-refractivity contribution is -0.137. The first-order valence-corrected chi connectivity index (χ1v) is 20.1. The largest absolute Gasteiger partial charge is 0.481 e. The Hall–Kier alpha value is -6.68. The number of fused-ring (bicyclic) bond motifs is 14. The smallest absolute Gasteiger partial charge is 0.305 e. The Morgan fingerprint density at radius 2 is 1.12 bits per heavy atom. The number of benzene rings is 5. The van der Waals surface area contributed by atoms with E-state index < -0.39 is 53.4 Å². The number of amides is 3. The first-order chi connectivity index (χ1) is 28.6. The highest BCUT2D eigenvalue weighted by Crippen LogP contribution is 2.23. The molecule has 0 fully saturated rings. The number of Topliss-reactive ketones (excluding diaryl/α,β-unsaturated/α-hetero) is 2. The molecule has 0 aliphatic carbocycles. The predicted molar refractivity (Wildman–Crippen MR) is 225 cm³/mol. The van der Waals surface area contributed by atoms with Crippen LogP contribution in [0.4, 0.5) is 0 Å². The lowest BCUT2D eigenvalue weighted by Gasteiger charge is -2.26. The summed E-state index contributed by atoms with van der Waals surface area (Å²) in [6.45, 7) is -0.115. The zero-order valence-electron chi connectivity index (χ0n) is 32.8. The highest BCUT2D eigenvalue weighted by Gasteiger charge is 2.33. The van der Waals surface area contributed by atoms with Crippen molar-refractivity contribution in [3.63, 3.8) is 0 Å². The van der Waals surface area contributed by atoms with Gasteiger partial charge in [0.1, 0.15) is 6.04 Å². The number of hydrogen-bond donors (Lipinski definition) is 4. The summed E-state index contributed by atoms with van der Waals surface area (Å²) in [7, 11) is 0. The lowest BCUT2D eigenvalue weighted by atomic mass is 9.88. The Morgan fingerprint density at radius 1 is 0.576 bits per heavy atom. The van der Waals surface area contributed by atoms with Crippen molar-refractivity contribution >= 4 is 35.3 Å². The van der Waals surface area contributed by atoms with Gasteiger partial charge >= 0.3 is 5.97 Å². The van der Waals surface area contributed by atoms with Gasteiger partial charge in [-0.3, -0.25) is 28.8 Å². The molecule has 0 saturated carbocycles. The fourth-order valence-electron chi connectivity index (χ4n) is 7.41. The van der Waals surface area contributed by atoms with E-state index >= 15 is 0 Å². The summed E-state index contributed by atoms with van der Waals surface area (Å²) in [5.41, 5.74) is 5.67. The van der Waals surface area contributed by atoms with E-state index in [4.69, 9.17) is 0 Å².